The van der Waals surface area contributed by atoms with Gasteiger partial charge < -0.3 is 25.2 Å². The Bertz CT molecular complexity index is 873. The smallest absolute Gasteiger partial charge is 0.345 e. The first kappa shape index (κ1) is 18.0. The fraction of sp³-hybridized carbons (Fsp3) is 0.368. The molecule has 7 nitrogen and oxygen atoms in total. The molecule has 26 heavy (non-hydrogen) atoms. The van der Waals surface area contributed by atoms with Crippen molar-refractivity contribution in [3.8, 4) is 17.0 Å². The lowest BCUT2D eigenvalue weighted by atomic mass is 10.00. The third kappa shape index (κ3) is 3.30. The van der Waals surface area contributed by atoms with Crippen LogP contribution in [0.15, 0.2) is 29.1 Å². The van der Waals surface area contributed by atoms with Crippen LogP contribution in [0.4, 0.5) is 5.69 Å². The Morgan fingerprint density at radius 3 is 2.58 bits per heavy atom. The molecule has 0 bridgehead atoms. The Hall–Kier alpha value is -2.80. The van der Waals surface area contributed by atoms with Gasteiger partial charge in [0.2, 0.25) is 0 Å². The van der Waals surface area contributed by atoms with E-state index >= 15 is 0 Å². The lowest BCUT2D eigenvalue weighted by Crippen LogP contribution is -2.38. The Labute approximate surface area is 150 Å². The van der Waals surface area contributed by atoms with Crippen molar-refractivity contribution in [3.05, 3.63) is 45.7 Å². The quantitative estimate of drug-likeness (QED) is 0.664. The van der Waals surface area contributed by atoms with Crippen molar-refractivity contribution >= 4 is 11.7 Å². The number of aromatic nitrogens is 1. The molecule has 2 aromatic rings. The molecule has 0 saturated carbocycles. The summed E-state index contributed by atoms with van der Waals surface area (Å²) in [6.07, 6.45) is 1.79. The summed E-state index contributed by atoms with van der Waals surface area (Å²) in [6.45, 7) is 3.25. The largest absolute Gasteiger partial charge is 0.506 e. The highest BCUT2D eigenvalue weighted by Gasteiger charge is 2.22. The number of nitrogens with one attached hydrogen (secondary N) is 1. The van der Waals surface area contributed by atoms with Gasteiger partial charge in [-0.3, -0.25) is 4.79 Å². The number of aliphatic hydroxyl groups excluding tert-OH is 1. The maximum Gasteiger partial charge on any atom is 0.345 e. The van der Waals surface area contributed by atoms with Crippen LogP contribution in [-0.4, -0.2) is 45.5 Å². The van der Waals surface area contributed by atoms with E-state index in [1.165, 1.54) is 0 Å². The number of aromatic amines is 1. The van der Waals surface area contributed by atoms with Crippen LogP contribution in [0, 0.1) is 0 Å². The van der Waals surface area contributed by atoms with Crippen molar-refractivity contribution in [1.82, 2.24) is 4.98 Å². The maximum absolute atomic E-state index is 12.1. The molecule has 1 aliphatic heterocycles. The molecule has 1 unspecified atom stereocenters. The van der Waals surface area contributed by atoms with Crippen LogP contribution in [0.3, 0.4) is 0 Å². The summed E-state index contributed by atoms with van der Waals surface area (Å²) < 4.78 is 0. The third-order valence-corrected chi connectivity index (χ3v) is 4.78. The topological polar surface area (TPSA) is 114 Å². The highest BCUT2D eigenvalue weighted by Crippen LogP contribution is 2.31. The highest BCUT2D eigenvalue weighted by molar-refractivity contribution is 5.92. The molecule has 138 valence electrons. The number of piperidine rings is 1. The number of aliphatic hydroxyl groups is 1. The van der Waals surface area contributed by atoms with Gasteiger partial charge in [-0.25, -0.2) is 4.79 Å². The second-order valence-corrected chi connectivity index (χ2v) is 6.48. The van der Waals surface area contributed by atoms with E-state index in [9.17, 15) is 19.8 Å². The number of rotatable bonds is 4. The zero-order valence-electron chi connectivity index (χ0n) is 14.5. The number of H-pyrrole nitrogens is 1. The van der Waals surface area contributed by atoms with Crippen LogP contribution >= 0.6 is 0 Å². The molecule has 2 heterocycles. The van der Waals surface area contributed by atoms with E-state index in [2.05, 4.69) is 9.88 Å². The standard InChI is InChI=1S/C19H22N2O5/c1-2-14-16(20-18(24)15(17(14)23)19(25)26)11-5-7-12(8-6-11)21-9-3-4-13(22)10-21/h5-8,13,22H,2-4,9-10H2,1H3,(H,25,26)(H2,20,23,24). The fourth-order valence-electron chi connectivity index (χ4n) is 3.45. The maximum atomic E-state index is 12.1. The van der Waals surface area contributed by atoms with Gasteiger partial charge in [0.25, 0.3) is 5.56 Å². The minimum atomic E-state index is -1.45. The molecule has 1 aromatic carbocycles. The second kappa shape index (κ2) is 7.21. The van der Waals surface area contributed by atoms with E-state index in [4.69, 9.17) is 5.11 Å². The zero-order chi connectivity index (χ0) is 18.8. The van der Waals surface area contributed by atoms with Gasteiger partial charge in [-0.2, -0.15) is 0 Å². The Kier molecular flexibility index (Phi) is 4.99. The monoisotopic (exact) mass is 358 g/mol. The van der Waals surface area contributed by atoms with Gasteiger partial charge in [-0.1, -0.05) is 19.1 Å². The summed E-state index contributed by atoms with van der Waals surface area (Å²) in [5.41, 5.74) is 1.01. The van der Waals surface area contributed by atoms with Crippen molar-refractivity contribution in [2.24, 2.45) is 0 Å². The molecular weight excluding hydrogens is 336 g/mol. The minimum absolute atomic E-state index is 0.327. The van der Waals surface area contributed by atoms with Gasteiger partial charge in [0.15, 0.2) is 5.56 Å². The fourth-order valence-corrected chi connectivity index (χ4v) is 3.45. The number of aromatic carboxylic acids is 1. The first-order valence-electron chi connectivity index (χ1n) is 8.67. The normalized spacial score (nSPS) is 17.3. The molecule has 0 radical (unpaired) electrons. The zero-order valence-corrected chi connectivity index (χ0v) is 14.5. The summed E-state index contributed by atoms with van der Waals surface area (Å²) in [5.74, 6) is -1.94. The second-order valence-electron chi connectivity index (χ2n) is 6.48. The summed E-state index contributed by atoms with van der Waals surface area (Å²) in [5, 5.41) is 29.2. The molecule has 1 atom stereocenters. The third-order valence-electron chi connectivity index (χ3n) is 4.78. The average Bonchev–Trinajstić information content (AvgIpc) is 2.61. The minimum Gasteiger partial charge on any atom is -0.506 e. The number of β-amino-alcohol motifs (C(OH)–C–C–N with tert-alkyl or cyclic N) is 1. The van der Waals surface area contributed by atoms with Crippen LogP contribution in [-0.2, 0) is 6.42 Å². The van der Waals surface area contributed by atoms with E-state index in [0.717, 1.165) is 25.1 Å². The van der Waals surface area contributed by atoms with Gasteiger partial charge in [-0.05, 0) is 37.0 Å². The number of aromatic hydroxyl groups is 1. The molecule has 7 heteroatoms. The van der Waals surface area contributed by atoms with Crippen LogP contribution in [0.5, 0.6) is 5.75 Å². The molecular formula is C19H22N2O5. The molecule has 1 aliphatic rings. The number of benzene rings is 1. The lowest BCUT2D eigenvalue weighted by molar-refractivity contribution is 0.0691. The number of hydrogen-bond acceptors (Lipinski definition) is 5. The van der Waals surface area contributed by atoms with Crippen molar-refractivity contribution in [2.75, 3.05) is 18.0 Å². The number of pyridine rings is 1. The van der Waals surface area contributed by atoms with Gasteiger partial charge in [0.1, 0.15) is 5.75 Å². The van der Waals surface area contributed by atoms with Crippen LogP contribution in [0.2, 0.25) is 0 Å². The number of anilines is 1. The first-order chi connectivity index (χ1) is 12.4. The van der Waals surface area contributed by atoms with E-state index in [1.54, 1.807) is 6.92 Å². The van der Waals surface area contributed by atoms with Crippen molar-refractivity contribution < 1.29 is 20.1 Å². The van der Waals surface area contributed by atoms with Crippen molar-refractivity contribution in [2.45, 2.75) is 32.3 Å². The van der Waals surface area contributed by atoms with E-state index in [0.29, 0.717) is 29.8 Å². The SMILES string of the molecule is CCc1c(-c2ccc(N3CCCC(O)C3)cc2)[nH]c(=O)c(C(=O)O)c1O. The molecule has 0 aliphatic carbocycles. The summed E-state index contributed by atoms with van der Waals surface area (Å²) in [7, 11) is 0. The van der Waals surface area contributed by atoms with Gasteiger partial charge in [-0.15, -0.1) is 0 Å². The average molecular weight is 358 g/mol. The summed E-state index contributed by atoms with van der Waals surface area (Å²) in [4.78, 5) is 28.0. The molecule has 0 amide bonds. The first-order valence-corrected chi connectivity index (χ1v) is 8.67. The Morgan fingerprint density at radius 2 is 2.00 bits per heavy atom. The number of hydrogen-bond donors (Lipinski definition) is 4. The number of carboxylic acid groups (broad SMARTS) is 1. The van der Waals surface area contributed by atoms with Gasteiger partial charge in [0.05, 0.1) is 11.8 Å². The molecule has 1 saturated heterocycles. The molecule has 1 fully saturated rings. The van der Waals surface area contributed by atoms with Crippen LogP contribution in [0.1, 0.15) is 35.7 Å². The van der Waals surface area contributed by atoms with Crippen LogP contribution < -0.4 is 10.5 Å². The number of nitrogens with zero attached hydrogens (tertiary/aromatic N) is 1. The summed E-state index contributed by atoms with van der Waals surface area (Å²) >= 11 is 0. The molecule has 0 spiro atoms. The van der Waals surface area contributed by atoms with E-state index in [1.807, 2.05) is 24.3 Å². The Morgan fingerprint density at radius 1 is 1.31 bits per heavy atom. The lowest BCUT2D eigenvalue weighted by Gasteiger charge is -2.32. The van der Waals surface area contributed by atoms with Crippen LogP contribution in [0.25, 0.3) is 11.3 Å². The molecule has 1 aromatic heterocycles. The highest BCUT2D eigenvalue weighted by atomic mass is 16.4. The predicted molar refractivity (Wildman–Crippen MR) is 98.0 cm³/mol. The molecule has 3 rings (SSSR count). The molecule has 4 N–H and O–H groups in total. The summed E-state index contributed by atoms with van der Waals surface area (Å²) in [6, 6.07) is 7.43. The van der Waals surface area contributed by atoms with Crippen molar-refractivity contribution in [3.63, 3.8) is 0 Å². The predicted octanol–water partition coefficient (Wildman–Crippen LogP) is 1.97. The van der Waals surface area contributed by atoms with Crippen molar-refractivity contribution in [1.29, 1.82) is 0 Å². The van der Waals surface area contributed by atoms with Gasteiger partial charge in [0, 0.05) is 24.3 Å². The Balaban J connectivity index is 1.99. The number of carbonyl (C=O) groups is 1. The number of carboxylic acids is 1. The van der Waals surface area contributed by atoms with Gasteiger partial charge >= 0.3 is 5.97 Å². The van der Waals surface area contributed by atoms with E-state index < -0.39 is 22.8 Å². The van der Waals surface area contributed by atoms with E-state index in [-0.39, 0.29) is 6.10 Å².